The van der Waals surface area contributed by atoms with Crippen LogP contribution in [0.15, 0.2) is 71.3 Å². The van der Waals surface area contributed by atoms with Crippen molar-refractivity contribution in [3.8, 4) is 11.3 Å². The van der Waals surface area contributed by atoms with Crippen LogP contribution in [0.25, 0.3) is 22.2 Å². The Balaban J connectivity index is 1.45. The smallest absolute Gasteiger partial charge is 0.321 e. The second kappa shape index (κ2) is 7.92. The van der Waals surface area contributed by atoms with Crippen LogP contribution in [0.1, 0.15) is 11.3 Å². The van der Waals surface area contributed by atoms with Gasteiger partial charge in [-0.25, -0.2) is 0 Å². The first kappa shape index (κ1) is 18.3. The lowest BCUT2D eigenvalue weighted by Crippen LogP contribution is -2.37. The van der Waals surface area contributed by atoms with Crippen molar-refractivity contribution in [3.63, 3.8) is 0 Å². The summed E-state index contributed by atoms with van der Waals surface area (Å²) in [6.45, 7) is 0.319. The molecule has 0 fully saturated rings. The summed E-state index contributed by atoms with van der Waals surface area (Å²) in [4.78, 5) is 14.9. The highest BCUT2D eigenvalue weighted by Gasteiger charge is 2.20. The van der Waals surface area contributed by atoms with E-state index in [1.807, 2.05) is 60.8 Å². The average molecular weight is 395 g/mol. The molecule has 2 aromatic carbocycles. The minimum absolute atomic E-state index is 0.319. The number of hydrogen-bond acceptors (Lipinski definition) is 3. The molecule has 142 valence electrons. The van der Waals surface area contributed by atoms with Gasteiger partial charge < -0.3 is 14.5 Å². The van der Waals surface area contributed by atoms with Gasteiger partial charge in [-0.3, -0.25) is 10.1 Å². The highest BCUT2D eigenvalue weighted by molar-refractivity contribution is 6.30. The molecule has 0 spiro atoms. The number of benzene rings is 2. The van der Waals surface area contributed by atoms with Gasteiger partial charge in [0.15, 0.2) is 0 Å². The molecule has 3 N–H and O–H groups in total. The maximum atomic E-state index is 11.7. The molecule has 0 aliphatic rings. The Morgan fingerprint density at radius 1 is 1.14 bits per heavy atom. The van der Waals surface area contributed by atoms with Crippen LogP contribution in [-0.2, 0) is 17.8 Å². The number of carboxylic acid groups (broad SMARTS) is 1. The number of carboxylic acids is 1. The third kappa shape index (κ3) is 3.96. The van der Waals surface area contributed by atoms with Crippen molar-refractivity contribution < 1.29 is 14.3 Å². The summed E-state index contributed by atoms with van der Waals surface area (Å²) < 4.78 is 5.84. The van der Waals surface area contributed by atoms with E-state index in [1.54, 1.807) is 6.07 Å². The Morgan fingerprint density at radius 3 is 2.82 bits per heavy atom. The van der Waals surface area contributed by atoms with Gasteiger partial charge in [0.2, 0.25) is 0 Å². The Hall–Kier alpha value is -3.02. The zero-order valence-electron chi connectivity index (χ0n) is 15.0. The third-order valence-corrected chi connectivity index (χ3v) is 4.93. The molecule has 0 unspecified atom stereocenters. The summed E-state index contributed by atoms with van der Waals surface area (Å²) in [5.74, 6) is 0.467. The van der Waals surface area contributed by atoms with Crippen molar-refractivity contribution in [2.24, 2.45) is 0 Å². The van der Waals surface area contributed by atoms with E-state index in [0.717, 1.165) is 22.0 Å². The summed E-state index contributed by atoms with van der Waals surface area (Å²) >= 11 is 6.03. The standard InChI is InChI=1S/C22H19ClN2O3/c23-16-5-3-4-14(10-16)21-9-8-17(28-21)13-25-20(22(26)27)11-15-12-24-19-7-2-1-6-18(15)19/h1-10,12,20,24-25H,11,13H2,(H,26,27)/t20-/m0/s1. The maximum absolute atomic E-state index is 11.7. The normalized spacial score (nSPS) is 12.3. The van der Waals surface area contributed by atoms with Gasteiger partial charge in [0.25, 0.3) is 0 Å². The molecule has 4 aromatic rings. The first-order valence-electron chi connectivity index (χ1n) is 8.96. The number of aliphatic carboxylic acids is 1. The van der Waals surface area contributed by atoms with Gasteiger partial charge in [-0.15, -0.1) is 0 Å². The number of rotatable bonds is 7. The number of aromatic amines is 1. The molecular weight excluding hydrogens is 376 g/mol. The molecule has 0 bridgehead atoms. The van der Waals surface area contributed by atoms with Crippen LogP contribution in [0.5, 0.6) is 0 Å². The summed E-state index contributed by atoms with van der Waals surface area (Å²) in [7, 11) is 0. The van der Waals surface area contributed by atoms with Crippen LogP contribution < -0.4 is 5.32 Å². The summed E-state index contributed by atoms with van der Waals surface area (Å²) in [5.41, 5.74) is 2.85. The lowest BCUT2D eigenvalue weighted by Gasteiger charge is -2.13. The molecule has 0 saturated heterocycles. The van der Waals surface area contributed by atoms with E-state index in [0.29, 0.717) is 29.5 Å². The molecule has 4 rings (SSSR count). The van der Waals surface area contributed by atoms with Crippen LogP contribution in [-0.4, -0.2) is 22.1 Å². The minimum atomic E-state index is -0.896. The van der Waals surface area contributed by atoms with E-state index in [1.165, 1.54) is 0 Å². The Bertz CT molecular complexity index is 1120. The lowest BCUT2D eigenvalue weighted by molar-refractivity contribution is -0.139. The summed E-state index contributed by atoms with van der Waals surface area (Å²) in [6.07, 6.45) is 2.24. The first-order valence-corrected chi connectivity index (χ1v) is 9.34. The fourth-order valence-corrected chi connectivity index (χ4v) is 3.45. The van der Waals surface area contributed by atoms with E-state index < -0.39 is 12.0 Å². The molecule has 0 radical (unpaired) electrons. The molecule has 2 heterocycles. The van der Waals surface area contributed by atoms with Gasteiger partial charge in [-0.2, -0.15) is 0 Å². The fraction of sp³-hybridized carbons (Fsp3) is 0.136. The van der Waals surface area contributed by atoms with Crippen LogP contribution in [0.3, 0.4) is 0 Å². The molecule has 0 amide bonds. The van der Waals surface area contributed by atoms with Gasteiger partial charge in [0.1, 0.15) is 17.6 Å². The number of nitrogens with one attached hydrogen (secondary N) is 2. The molecule has 0 aliphatic carbocycles. The number of furan rings is 1. The molecular formula is C22H19ClN2O3. The van der Waals surface area contributed by atoms with Gasteiger partial charge >= 0.3 is 5.97 Å². The summed E-state index contributed by atoms with van der Waals surface area (Å²) in [5, 5.41) is 14.4. The SMILES string of the molecule is O=C(O)[C@H](Cc1c[nH]c2ccccc12)NCc1ccc(-c2cccc(Cl)c2)o1. The van der Waals surface area contributed by atoms with Crippen molar-refractivity contribution in [2.45, 2.75) is 19.0 Å². The van der Waals surface area contributed by atoms with E-state index >= 15 is 0 Å². The van der Waals surface area contributed by atoms with Crippen LogP contribution in [0.4, 0.5) is 0 Å². The molecule has 1 atom stereocenters. The number of carbonyl (C=O) groups is 1. The van der Waals surface area contributed by atoms with Crippen LogP contribution in [0.2, 0.25) is 5.02 Å². The zero-order valence-corrected chi connectivity index (χ0v) is 15.7. The van der Waals surface area contributed by atoms with Crippen molar-refractivity contribution in [1.82, 2.24) is 10.3 Å². The minimum Gasteiger partial charge on any atom is -0.480 e. The molecule has 5 nitrogen and oxygen atoms in total. The Morgan fingerprint density at radius 2 is 2.00 bits per heavy atom. The predicted octanol–water partition coefficient (Wildman–Crippen LogP) is 4.87. The predicted molar refractivity (Wildman–Crippen MR) is 109 cm³/mol. The Kier molecular flexibility index (Phi) is 5.19. The van der Waals surface area contributed by atoms with Crippen molar-refractivity contribution in [2.75, 3.05) is 0 Å². The lowest BCUT2D eigenvalue weighted by atomic mass is 10.0. The second-order valence-electron chi connectivity index (χ2n) is 6.61. The maximum Gasteiger partial charge on any atom is 0.321 e. The number of para-hydroxylation sites is 1. The van der Waals surface area contributed by atoms with Gasteiger partial charge in [0.05, 0.1) is 6.54 Å². The molecule has 2 aromatic heterocycles. The molecule has 28 heavy (non-hydrogen) atoms. The van der Waals surface area contributed by atoms with E-state index in [-0.39, 0.29) is 0 Å². The monoisotopic (exact) mass is 394 g/mol. The first-order chi connectivity index (χ1) is 13.6. The van der Waals surface area contributed by atoms with Crippen molar-refractivity contribution in [1.29, 1.82) is 0 Å². The van der Waals surface area contributed by atoms with Crippen molar-refractivity contribution >= 4 is 28.5 Å². The number of halogens is 1. The highest BCUT2D eigenvalue weighted by atomic mass is 35.5. The van der Waals surface area contributed by atoms with E-state index in [9.17, 15) is 9.90 Å². The number of fused-ring (bicyclic) bond motifs is 1. The molecule has 0 saturated carbocycles. The summed E-state index contributed by atoms with van der Waals surface area (Å²) in [6, 6.07) is 18.2. The largest absolute Gasteiger partial charge is 0.480 e. The molecule has 6 heteroatoms. The number of hydrogen-bond donors (Lipinski definition) is 3. The quantitative estimate of drug-likeness (QED) is 0.418. The Labute approximate surface area is 166 Å². The van der Waals surface area contributed by atoms with Crippen LogP contribution in [0, 0.1) is 0 Å². The highest BCUT2D eigenvalue weighted by Crippen LogP contribution is 2.25. The fourth-order valence-electron chi connectivity index (χ4n) is 3.26. The number of H-pyrrole nitrogens is 1. The third-order valence-electron chi connectivity index (χ3n) is 4.69. The molecule has 0 aliphatic heterocycles. The average Bonchev–Trinajstić information content (AvgIpc) is 3.32. The van der Waals surface area contributed by atoms with Crippen LogP contribution >= 0.6 is 11.6 Å². The van der Waals surface area contributed by atoms with Gasteiger partial charge in [-0.05, 0) is 35.9 Å². The van der Waals surface area contributed by atoms with E-state index in [4.69, 9.17) is 16.0 Å². The number of aromatic nitrogens is 1. The second-order valence-corrected chi connectivity index (χ2v) is 7.05. The van der Waals surface area contributed by atoms with E-state index in [2.05, 4.69) is 10.3 Å². The van der Waals surface area contributed by atoms with Gasteiger partial charge in [-0.1, -0.05) is 41.9 Å². The van der Waals surface area contributed by atoms with Gasteiger partial charge in [0, 0.05) is 34.1 Å². The topological polar surface area (TPSA) is 78.3 Å². The van der Waals surface area contributed by atoms with Crippen molar-refractivity contribution in [3.05, 3.63) is 83.2 Å². The zero-order chi connectivity index (χ0) is 19.5.